The van der Waals surface area contributed by atoms with Gasteiger partial charge in [-0.2, -0.15) is 4.98 Å². The molecule has 0 saturated carbocycles. The van der Waals surface area contributed by atoms with Gasteiger partial charge >= 0.3 is 0 Å². The Bertz CT molecular complexity index is 569. The molecule has 0 bridgehead atoms. The van der Waals surface area contributed by atoms with Crippen LogP contribution in [-0.2, 0) is 4.74 Å². The average Bonchev–Trinajstić information content (AvgIpc) is 2.84. The fraction of sp³-hybridized carbons (Fsp3) is 0.538. The third-order valence-corrected chi connectivity index (χ3v) is 3.69. The molecule has 0 aliphatic carbocycles. The Morgan fingerprint density at radius 3 is 2.58 bits per heavy atom. The van der Waals surface area contributed by atoms with Gasteiger partial charge in [0.15, 0.2) is 0 Å². The zero-order chi connectivity index (χ0) is 14.2. The second-order valence-electron chi connectivity index (χ2n) is 5.57. The molecule has 0 aromatic carbocycles. The van der Waals surface area contributed by atoms with E-state index in [0.717, 1.165) is 10.4 Å². The highest BCUT2D eigenvalue weighted by Gasteiger charge is 2.31. The van der Waals surface area contributed by atoms with Gasteiger partial charge < -0.3 is 15.0 Å². The number of nitrogens with two attached hydrogens (primary N) is 1. The first-order valence-corrected chi connectivity index (χ1v) is 6.87. The second kappa shape index (κ2) is 4.94. The summed E-state index contributed by atoms with van der Waals surface area (Å²) >= 11 is 1.51. The topological polar surface area (TPSA) is 74.2 Å². The lowest BCUT2D eigenvalue weighted by Gasteiger charge is -2.26. The lowest BCUT2D eigenvalue weighted by Crippen LogP contribution is -2.21. The number of methoxy groups -OCH3 is 1. The molecule has 19 heavy (non-hydrogen) atoms. The third kappa shape index (κ3) is 2.79. The standard InChI is InChI=1S/C13H19N3O2S/c1-7-6-8(10(14)19-7)12-15-11(16-18-12)9(17-5)13(2,3)4/h6,9H,14H2,1-5H3. The molecule has 104 valence electrons. The van der Waals surface area contributed by atoms with Crippen LogP contribution >= 0.6 is 11.3 Å². The highest BCUT2D eigenvalue weighted by molar-refractivity contribution is 7.16. The number of ether oxygens (including phenoxy) is 1. The molecule has 2 rings (SSSR count). The summed E-state index contributed by atoms with van der Waals surface area (Å²) < 4.78 is 10.8. The monoisotopic (exact) mass is 281 g/mol. The summed E-state index contributed by atoms with van der Waals surface area (Å²) in [6.45, 7) is 8.20. The van der Waals surface area contributed by atoms with Crippen LogP contribution in [0.25, 0.3) is 11.5 Å². The molecule has 0 spiro atoms. The first kappa shape index (κ1) is 14.0. The molecular weight excluding hydrogens is 262 g/mol. The molecule has 6 heteroatoms. The minimum Gasteiger partial charge on any atom is -0.390 e. The van der Waals surface area contributed by atoms with Crippen molar-refractivity contribution in [2.75, 3.05) is 12.8 Å². The highest BCUT2D eigenvalue weighted by atomic mass is 32.1. The lowest BCUT2D eigenvalue weighted by molar-refractivity contribution is 0.00718. The van der Waals surface area contributed by atoms with Crippen LogP contribution in [0.2, 0.25) is 0 Å². The zero-order valence-electron chi connectivity index (χ0n) is 11.9. The number of aryl methyl sites for hydroxylation is 1. The third-order valence-electron chi connectivity index (χ3n) is 2.81. The van der Waals surface area contributed by atoms with Crippen molar-refractivity contribution in [3.63, 3.8) is 0 Å². The number of hydrogen-bond donors (Lipinski definition) is 1. The van der Waals surface area contributed by atoms with E-state index in [9.17, 15) is 0 Å². The average molecular weight is 281 g/mol. The molecule has 5 nitrogen and oxygen atoms in total. The van der Waals surface area contributed by atoms with E-state index in [2.05, 4.69) is 30.9 Å². The van der Waals surface area contributed by atoms with Gasteiger partial charge in [-0.05, 0) is 18.4 Å². The molecule has 2 aromatic rings. The van der Waals surface area contributed by atoms with Gasteiger partial charge in [0.05, 0.1) is 10.6 Å². The summed E-state index contributed by atoms with van der Waals surface area (Å²) in [7, 11) is 1.65. The minimum absolute atomic E-state index is 0.105. The Hall–Kier alpha value is -1.40. The normalized spacial score (nSPS) is 13.7. The Morgan fingerprint density at radius 2 is 2.11 bits per heavy atom. The van der Waals surface area contributed by atoms with Gasteiger partial charge in [-0.3, -0.25) is 0 Å². The summed E-state index contributed by atoms with van der Waals surface area (Å²) in [5.41, 5.74) is 6.63. The summed E-state index contributed by atoms with van der Waals surface area (Å²) in [6, 6.07) is 1.95. The number of aromatic nitrogens is 2. The van der Waals surface area contributed by atoms with E-state index in [1.165, 1.54) is 11.3 Å². The Labute approximate surface area is 116 Å². The molecule has 2 heterocycles. The molecule has 0 aliphatic heterocycles. The Morgan fingerprint density at radius 1 is 1.42 bits per heavy atom. The zero-order valence-corrected chi connectivity index (χ0v) is 12.7. The van der Waals surface area contributed by atoms with E-state index in [0.29, 0.717) is 16.7 Å². The maximum Gasteiger partial charge on any atom is 0.261 e. The molecule has 0 amide bonds. The number of nitrogen functional groups attached to an aromatic ring is 1. The van der Waals surface area contributed by atoms with Gasteiger partial charge in [-0.1, -0.05) is 25.9 Å². The van der Waals surface area contributed by atoms with Crippen molar-refractivity contribution < 1.29 is 9.26 Å². The quantitative estimate of drug-likeness (QED) is 0.933. The molecule has 1 atom stereocenters. The predicted molar refractivity (Wildman–Crippen MR) is 76.0 cm³/mol. The van der Waals surface area contributed by atoms with E-state index in [1.54, 1.807) is 7.11 Å². The van der Waals surface area contributed by atoms with Gasteiger partial charge in [0, 0.05) is 12.0 Å². The smallest absolute Gasteiger partial charge is 0.261 e. The van der Waals surface area contributed by atoms with Crippen molar-refractivity contribution >= 4 is 16.3 Å². The summed E-state index contributed by atoms with van der Waals surface area (Å²) in [5, 5.41) is 4.71. The van der Waals surface area contributed by atoms with Crippen molar-refractivity contribution in [1.82, 2.24) is 10.1 Å². The van der Waals surface area contributed by atoms with Crippen LogP contribution in [0.4, 0.5) is 5.00 Å². The van der Waals surface area contributed by atoms with Crippen molar-refractivity contribution in [2.45, 2.75) is 33.8 Å². The lowest BCUT2D eigenvalue weighted by atomic mass is 9.88. The van der Waals surface area contributed by atoms with Crippen molar-refractivity contribution in [3.8, 4) is 11.5 Å². The number of anilines is 1. The van der Waals surface area contributed by atoms with E-state index in [-0.39, 0.29) is 11.5 Å². The molecule has 0 saturated heterocycles. The molecule has 2 N–H and O–H groups in total. The fourth-order valence-corrected chi connectivity index (χ4v) is 2.78. The van der Waals surface area contributed by atoms with Crippen LogP contribution in [-0.4, -0.2) is 17.3 Å². The number of nitrogens with zero attached hydrogens (tertiary/aromatic N) is 2. The second-order valence-corrected chi connectivity index (χ2v) is 6.86. The molecule has 0 fully saturated rings. The van der Waals surface area contributed by atoms with Crippen molar-refractivity contribution in [1.29, 1.82) is 0 Å². The first-order valence-electron chi connectivity index (χ1n) is 6.05. The van der Waals surface area contributed by atoms with Crippen LogP contribution in [0.15, 0.2) is 10.6 Å². The maximum absolute atomic E-state index is 5.94. The van der Waals surface area contributed by atoms with Gasteiger partial charge in [0.1, 0.15) is 6.10 Å². The van der Waals surface area contributed by atoms with Gasteiger partial charge in [0.2, 0.25) is 5.82 Å². The van der Waals surface area contributed by atoms with Crippen molar-refractivity contribution in [3.05, 3.63) is 16.8 Å². The number of rotatable bonds is 3. The predicted octanol–water partition coefficient (Wildman–Crippen LogP) is 3.42. The summed E-state index contributed by atoms with van der Waals surface area (Å²) in [4.78, 5) is 5.53. The van der Waals surface area contributed by atoms with Crippen LogP contribution in [0.5, 0.6) is 0 Å². The number of hydrogen-bond acceptors (Lipinski definition) is 6. The van der Waals surface area contributed by atoms with Crippen LogP contribution in [0.1, 0.15) is 37.6 Å². The molecule has 1 unspecified atom stereocenters. The molecule has 2 aromatic heterocycles. The highest BCUT2D eigenvalue weighted by Crippen LogP contribution is 2.37. The number of thiophene rings is 1. The molecular formula is C13H19N3O2S. The maximum atomic E-state index is 5.94. The van der Waals surface area contributed by atoms with E-state index in [1.807, 2.05) is 13.0 Å². The van der Waals surface area contributed by atoms with E-state index < -0.39 is 0 Å². The minimum atomic E-state index is -0.217. The van der Waals surface area contributed by atoms with E-state index >= 15 is 0 Å². The van der Waals surface area contributed by atoms with E-state index in [4.69, 9.17) is 15.0 Å². The summed E-state index contributed by atoms with van der Waals surface area (Å²) in [5.74, 6) is 0.997. The Kier molecular flexibility index (Phi) is 3.64. The fourth-order valence-electron chi connectivity index (χ4n) is 2.00. The van der Waals surface area contributed by atoms with Crippen LogP contribution in [0, 0.1) is 12.3 Å². The van der Waals surface area contributed by atoms with Gasteiger partial charge in [-0.15, -0.1) is 11.3 Å². The Balaban J connectivity index is 2.36. The van der Waals surface area contributed by atoms with Crippen molar-refractivity contribution in [2.24, 2.45) is 5.41 Å². The largest absolute Gasteiger partial charge is 0.390 e. The molecule has 0 radical (unpaired) electrons. The summed E-state index contributed by atoms with van der Waals surface area (Å²) in [6.07, 6.45) is -0.217. The van der Waals surface area contributed by atoms with Crippen LogP contribution in [0.3, 0.4) is 0 Å². The SMILES string of the molecule is COC(c1noc(-c2cc(C)sc2N)n1)C(C)(C)C. The van der Waals surface area contributed by atoms with Gasteiger partial charge in [-0.25, -0.2) is 0 Å². The van der Waals surface area contributed by atoms with Crippen LogP contribution < -0.4 is 5.73 Å². The molecule has 0 aliphatic rings. The first-order chi connectivity index (χ1) is 8.82. The van der Waals surface area contributed by atoms with Gasteiger partial charge in [0.25, 0.3) is 5.89 Å².